The molecule has 0 fully saturated rings. The molecule has 0 atom stereocenters. The Kier molecular flexibility index (Phi) is 6.60. The number of rotatable bonds is 5. The summed E-state index contributed by atoms with van der Waals surface area (Å²) >= 11 is 0. The molecular weight excluding hydrogens is 396 g/mol. The SMILES string of the molecule is Cc1c(C(=O)O)cccc1C(=O)O.NC(=O)c1cn(-c2ccc([N+](=O)[O-])cc2)cn1. The van der Waals surface area contributed by atoms with Crippen molar-refractivity contribution in [2.24, 2.45) is 5.73 Å². The number of carboxylic acid groups (broad SMARTS) is 2. The van der Waals surface area contributed by atoms with Gasteiger partial charge in [0, 0.05) is 24.0 Å². The van der Waals surface area contributed by atoms with E-state index in [2.05, 4.69) is 4.98 Å². The van der Waals surface area contributed by atoms with Crippen LogP contribution < -0.4 is 5.73 Å². The third kappa shape index (κ3) is 5.04. The average molecular weight is 412 g/mol. The summed E-state index contributed by atoms with van der Waals surface area (Å²) < 4.78 is 1.56. The van der Waals surface area contributed by atoms with Crippen LogP contribution in [0.3, 0.4) is 0 Å². The first-order chi connectivity index (χ1) is 14.1. The Labute approximate surface area is 169 Å². The summed E-state index contributed by atoms with van der Waals surface area (Å²) in [5.74, 6) is -2.84. The molecule has 3 rings (SSSR count). The Hall–Kier alpha value is -4.54. The highest BCUT2D eigenvalue weighted by Gasteiger charge is 2.13. The minimum atomic E-state index is -1.11. The second-order valence-electron chi connectivity index (χ2n) is 5.89. The topological polar surface area (TPSA) is 179 Å². The van der Waals surface area contributed by atoms with Gasteiger partial charge in [0.15, 0.2) is 0 Å². The standard InChI is InChI=1S/C10H8N4O3.C9H8O4/c11-10(15)9-5-13(6-12-9)7-1-3-8(4-2-7)14(16)17;1-5-6(8(10)11)3-2-4-7(5)9(12)13/h1-6H,(H2,11,15);2-4H,1H3,(H,10,11)(H,12,13). The molecule has 0 radical (unpaired) electrons. The first-order valence-corrected chi connectivity index (χ1v) is 8.26. The van der Waals surface area contributed by atoms with Gasteiger partial charge >= 0.3 is 11.9 Å². The largest absolute Gasteiger partial charge is 0.478 e. The van der Waals surface area contributed by atoms with E-state index in [-0.39, 0.29) is 28.1 Å². The summed E-state index contributed by atoms with van der Waals surface area (Å²) in [5, 5.41) is 27.8. The summed E-state index contributed by atoms with van der Waals surface area (Å²) in [6, 6.07) is 10.0. The summed E-state index contributed by atoms with van der Waals surface area (Å²) in [7, 11) is 0. The second kappa shape index (κ2) is 9.10. The van der Waals surface area contributed by atoms with Crippen LogP contribution in [0.15, 0.2) is 55.0 Å². The van der Waals surface area contributed by atoms with Gasteiger partial charge in [0.05, 0.1) is 16.1 Å². The average Bonchev–Trinajstić information content (AvgIpc) is 3.19. The molecule has 0 aliphatic heterocycles. The van der Waals surface area contributed by atoms with Gasteiger partial charge < -0.3 is 20.5 Å². The van der Waals surface area contributed by atoms with Gasteiger partial charge in [-0.25, -0.2) is 14.6 Å². The fraction of sp³-hybridized carbons (Fsp3) is 0.0526. The second-order valence-corrected chi connectivity index (χ2v) is 5.89. The highest BCUT2D eigenvalue weighted by Crippen LogP contribution is 2.15. The Morgan fingerprint density at radius 1 is 1.03 bits per heavy atom. The molecule has 1 amide bonds. The molecular formula is C19H16N4O7. The quantitative estimate of drug-likeness (QED) is 0.421. The number of carbonyl (C=O) groups is 3. The number of carbonyl (C=O) groups excluding carboxylic acids is 1. The highest BCUT2D eigenvalue weighted by molar-refractivity contribution is 5.96. The van der Waals surface area contributed by atoms with E-state index >= 15 is 0 Å². The summed E-state index contributed by atoms with van der Waals surface area (Å²) in [6.07, 6.45) is 2.88. The van der Waals surface area contributed by atoms with Gasteiger partial charge in [0.1, 0.15) is 12.0 Å². The Morgan fingerprint density at radius 3 is 1.97 bits per heavy atom. The molecule has 2 aromatic carbocycles. The number of non-ortho nitro benzene ring substituents is 1. The fourth-order valence-electron chi connectivity index (χ4n) is 2.44. The number of imidazole rings is 1. The predicted octanol–water partition coefficient (Wildman–Crippen LogP) is 2.27. The van der Waals surface area contributed by atoms with Crippen molar-refractivity contribution in [3.8, 4) is 5.69 Å². The summed E-state index contributed by atoms with van der Waals surface area (Å²) in [5.41, 5.74) is 6.21. The van der Waals surface area contributed by atoms with Gasteiger partial charge in [0.2, 0.25) is 0 Å². The minimum Gasteiger partial charge on any atom is -0.478 e. The highest BCUT2D eigenvalue weighted by atomic mass is 16.6. The molecule has 0 saturated carbocycles. The third-order valence-electron chi connectivity index (χ3n) is 3.99. The number of aromatic carboxylic acids is 2. The van der Waals surface area contributed by atoms with Crippen LogP contribution in [-0.2, 0) is 0 Å². The fourth-order valence-corrected chi connectivity index (χ4v) is 2.44. The van der Waals surface area contributed by atoms with Crippen molar-refractivity contribution in [3.63, 3.8) is 0 Å². The lowest BCUT2D eigenvalue weighted by atomic mass is 10.0. The van der Waals surface area contributed by atoms with E-state index in [1.165, 1.54) is 49.8 Å². The monoisotopic (exact) mass is 412 g/mol. The smallest absolute Gasteiger partial charge is 0.335 e. The molecule has 0 aliphatic rings. The lowest BCUT2D eigenvalue weighted by Gasteiger charge is -2.03. The van der Waals surface area contributed by atoms with Crippen LogP contribution in [0.4, 0.5) is 5.69 Å². The van der Waals surface area contributed by atoms with E-state index < -0.39 is 22.8 Å². The van der Waals surface area contributed by atoms with E-state index in [9.17, 15) is 24.5 Å². The number of nitro benzene ring substituents is 1. The molecule has 0 bridgehead atoms. The lowest BCUT2D eigenvalue weighted by Crippen LogP contribution is -2.11. The number of benzene rings is 2. The van der Waals surface area contributed by atoms with E-state index in [0.717, 1.165) is 0 Å². The number of nitrogens with two attached hydrogens (primary N) is 1. The molecule has 0 aliphatic carbocycles. The number of nitrogens with zero attached hydrogens (tertiary/aromatic N) is 3. The van der Waals surface area contributed by atoms with Crippen molar-refractivity contribution >= 4 is 23.5 Å². The lowest BCUT2D eigenvalue weighted by molar-refractivity contribution is -0.384. The molecule has 0 spiro atoms. The molecule has 3 aromatic rings. The molecule has 11 heteroatoms. The van der Waals surface area contributed by atoms with Gasteiger partial charge in [-0.3, -0.25) is 14.9 Å². The minimum absolute atomic E-state index is 0.00369. The third-order valence-corrected chi connectivity index (χ3v) is 3.99. The Balaban J connectivity index is 0.000000222. The number of amides is 1. The molecule has 0 saturated heterocycles. The van der Waals surface area contributed by atoms with Gasteiger partial charge in [0.25, 0.3) is 11.6 Å². The van der Waals surface area contributed by atoms with E-state index in [1.54, 1.807) is 16.7 Å². The maximum absolute atomic E-state index is 10.8. The first-order valence-electron chi connectivity index (χ1n) is 8.26. The zero-order chi connectivity index (χ0) is 22.4. The van der Waals surface area contributed by atoms with E-state index in [1.807, 2.05) is 0 Å². The molecule has 11 nitrogen and oxygen atoms in total. The predicted molar refractivity (Wildman–Crippen MR) is 104 cm³/mol. The Morgan fingerprint density at radius 2 is 1.57 bits per heavy atom. The number of aromatic nitrogens is 2. The number of hydrogen-bond acceptors (Lipinski definition) is 6. The maximum Gasteiger partial charge on any atom is 0.335 e. The van der Waals surface area contributed by atoms with Crippen LogP contribution in [0, 0.1) is 17.0 Å². The number of hydrogen-bond donors (Lipinski definition) is 3. The molecule has 1 aromatic heterocycles. The zero-order valence-corrected chi connectivity index (χ0v) is 15.6. The molecule has 0 unspecified atom stereocenters. The summed E-state index contributed by atoms with van der Waals surface area (Å²) in [4.78, 5) is 45.8. The maximum atomic E-state index is 10.8. The van der Waals surface area contributed by atoms with Crippen LogP contribution in [0.5, 0.6) is 0 Å². The van der Waals surface area contributed by atoms with E-state index in [0.29, 0.717) is 5.69 Å². The van der Waals surface area contributed by atoms with Crippen LogP contribution in [-0.4, -0.2) is 42.5 Å². The molecule has 4 N–H and O–H groups in total. The zero-order valence-electron chi connectivity index (χ0n) is 15.6. The van der Waals surface area contributed by atoms with Gasteiger partial charge in [-0.05, 0) is 36.8 Å². The van der Waals surface area contributed by atoms with Crippen molar-refractivity contribution in [3.05, 3.63) is 87.5 Å². The van der Waals surface area contributed by atoms with Gasteiger partial charge in [-0.1, -0.05) is 6.07 Å². The van der Waals surface area contributed by atoms with Gasteiger partial charge in [-0.15, -0.1) is 0 Å². The van der Waals surface area contributed by atoms with Crippen molar-refractivity contribution in [2.75, 3.05) is 0 Å². The van der Waals surface area contributed by atoms with Crippen LogP contribution in [0.1, 0.15) is 36.8 Å². The Bertz CT molecular complexity index is 1090. The molecule has 1 heterocycles. The van der Waals surface area contributed by atoms with E-state index in [4.69, 9.17) is 15.9 Å². The summed E-state index contributed by atoms with van der Waals surface area (Å²) in [6.45, 7) is 1.48. The number of nitro groups is 1. The molecule has 154 valence electrons. The normalized spacial score (nSPS) is 9.90. The van der Waals surface area contributed by atoms with Crippen molar-refractivity contribution < 1.29 is 29.5 Å². The van der Waals surface area contributed by atoms with Crippen molar-refractivity contribution in [1.29, 1.82) is 0 Å². The number of primary amides is 1. The first kappa shape index (κ1) is 21.8. The molecule has 30 heavy (non-hydrogen) atoms. The van der Waals surface area contributed by atoms with Crippen LogP contribution >= 0.6 is 0 Å². The van der Waals surface area contributed by atoms with Gasteiger partial charge in [-0.2, -0.15) is 0 Å². The van der Waals surface area contributed by atoms with Crippen molar-refractivity contribution in [1.82, 2.24) is 9.55 Å². The number of carboxylic acids is 2. The van der Waals surface area contributed by atoms with Crippen molar-refractivity contribution in [2.45, 2.75) is 6.92 Å². The van der Waals surface area contributed by atoms with Crippen LogP contribution in [0.2, 0.25) is 0 Å². The van der Waals surface area contributed by atoms with Crippen LogP contribution in [0.25, 0.3) is 5.69 Å².